The molecule has 0 fully saturated rings. The number of hydrogen-bond donors (Lipinski definition) is 0. The van der Waals surface area contributed by atoms with E-state index in [0.29, 0.717) is 52.2 Å². The molecule has 0 aliphatic carbocycles. The van der Waals surface area contributed by atoms with E-state index in [1.807, 2.05) is 42.3 Å². The van der Waals surface area contributed by atoms with Crippen molar-refractivity contribution in [2.75, 3.05) is 38.6 Å². The predicted octanol–water partition coefficient (Wildman–Crippen LogP) is 6.85. The van der Waals surface area contributed by atoms with Crippen LogP contribution in [0.4, 0.5) is 0 Å². The summed E-state index contributed by atoms with van der Waals surface area (Å²) < 4.78 is 36.8. The minimum absolute atomic E-state index is 0.0893. The summed E-state index contributed by atoms with van der Waals surface area (Å²) in [6.45, 7) is 9.21. The maximum Gasteiger partial charge on any atom is 0.238 e. The van der Waals surface area contributed by atoms with Crippen molar-refractivity contribution in [3.05, 3.63) is 58.3 Å². The molecule has 0 spiro atoms. The average molecular weight is 641 g/mol. The van der Waals surface area contributed by atoms with Crippen LogP contribution in [0.25, 0.3) is 0 Å². The molecule has 0 saturated carbocycles. The third kappa shape index (κ3) is 12.9. The van der Waals surface area contributed by atoms with Crippen molar-refractivity contribution in [1.29, 1.82) is 0 Å². The molecule has 2 rings (SSSR count). The predicted molar refractivity (Wildman–Crippen MR) is 168 cm³/mol. The van der Waals surface area contributed by atoms with Gasteiger partial charge in [-0.05, 0) is 56.0 Å². The van der Waals surface area contributed by atoms with E-state index in [0.717, 1.165) is 48.7 Å². The van der Waals surface area contributed by atoms with Crippen molar-refractivity contribution in [2.45, 2.75) is 91.6 Å². The van der Waals surface area contributed by atoms with Gasteiger partial charge in [-0.3, -0.25) is 4.79 Å². The van der Waals surface area contributed by atoms with Gasteiger partial charge in [-0.1, -0.05) is 80.4 Å². The van der Waals surface area contributed by atoms with E-state index in [-0.39, 0.29) is 18.2 Å². The van der Waals surface area contributed by atoms with Gasteiger partial charge in [0.1, 0.15) is 0 Å². The lowest BCUT2D eigenvalue weighted by molar-refractivity contribution is -0.132. The molecule has 0 atom stereocenters. The highest BCUT2D eigenvalue weighted by molar-refractivity contribution is 9.10. The molecule has 0 N–H and O–H groups in total. The van der Waals surface area contributed by atoms with Crippen LogP contribution in [0.3, 0.4) is 0 Å². The Morgan fingerprint density at radius 2 is 1.60 bits per heavy atom. The smallest absolute Gasteiger partial charge is 0.238 e. The quantitative estimate of drug-likeness (QED) is 0.132. The van der Waals surface area contributed by atoms with Crippen LogP contribution < -0.4 is 0 Å². The molecule has 0 unspecified atom stereocenters. The molecule has 1 heterocycles. The molecule has 40 heavy (non-hydrogen) atoms. The molecule has 1 amide bonds. The number of halogens is 1. The normalized spacial score (nSPS) is 11.8. The summed E-state index contributed by atoms with van der Waals surface area (Å²) in [6, 6.07) is 12.3. The van der Waals surface area contributed by atoms with Crippen LogP contribution >= 0.6 is 15.9 Å². The van der Waals surface area contributed by atoms with Crippen molar-refractivity contribution in [2.24, 2.45) is 0 Å². The highest BCUT2D eigenvalue weighted by atomic mass is 79.9. The van der Waals surface area contributed by atoms with E-state index in [1.54, 1.807) is 0 Å². The van der Waals surface area contributed by atoms with Crippen molar-refractivity contribution in [1.82, 2.24) is 13.8 Å². The topological polar surface area (TPSA) is 71.8 Å². The summed E-state index contributed by atoms with van der Waals surface area (Å²) in [4.78, 5) is 15.5. The van der Waals surface area contributed by atoms with Crippen LogP contribution in [0, 0.1) is 0 Å². The maximum atomic E-state index is 13.7. The van der Waals surface area contributed by atoms with Gasteiger partial charge in [0.15, 0.2) is 0 Å². The fraction of sp³-hybridized carbons (Fsp3) is 0.645. The molecule has 0 bridgehead atoms. The van der Waals surface area contributed by atoms with Gasteiger partial charge in [-0.25, -0.2) is 8.42 Å². The van der Waals surface area contributed by atoms with Crippen molar-refractivity contribution >= 4 is 31.9 Å². The van der Waals surface area contributed by atoms with E-state index in [4.69, 9.17) is 4.74 Å². The molecule has 7 nitrogen and oxygen atoms in total. The fourth-order valence-corrected chi connectivity index (χ4v) is 6.42. The first kappa shape index (κ1) is 34.5. The number of carbonyl (C=O) groups excluding carboxylic acids is 1. The zero-order valence-electron chi connectivity index (χ0n) is 24.8. The molecule has 226 valence electrons. The van der Waals surface area contributed by atoms with Gasteiger partial charge in [0.2, 0.25) is 15.9 Å². The van der Waals surface area contributed by atoms with Gasteiger partial charge in [0.25, 0.3) is 0 Å². The summed E-state index contributed by atoms with van der Waals surface area (Å²) in [5, 5.41) is 0. The monoisotopic (exact) mass is 639 g/mol. The highest BCUT2D eigenvalue weighted by Gasteiger charge is 2.26. The first-order valence-electron chi connectivity index (χ1n) is 15.0. The molecule has 1 aromatic carbocycles. The SMILES string of the molecule is CCCCCCCCS(=O)(=O)N(CCCOCC)CC(=O)N(CCCC)Cc1cccn1Cc1ccc(Br)cc1. The van der Waals surface area contributed by atoms with Gasteiger partial charge in [-0.2, -0.15) is 4.31 Å². The lowest BCUT2D eigenvalue weighted by Gasteiger charge is -2.28. The van der Waals surface area contributed by atoms with E-state index in [2.05, 4.69) is 46.5 Å². The fourth-order valence-electron chi connectivity index (χ4n) is 4.62. The third-order valence-electron chi connectivity index (χ3n) is 7.04. The van der Waals surface area contributed by atoms with Gasteiger partial charge >= 0.3 is 0 Å². The highest BCUT2D eigenvalue weighted by Crippen LogP contribution is 2.16. The maximum absolute atomic E-state index is 13.7. The number of unbranched alkanes of at least 4 members (excludes halogenated alkanes) is 6. The van der Waals surface area contributed by atoms with Crippen LogP contribution in [0.2, 0.25) is 0 Å². The summed E-state index contributed by atoms with van der Waals surface area (Å²) in [7, 11) is -3.54. The molecule has 0 radical (unpaired) electrons. The molecule has 0 aliphatic heterocycles. The molecule has 0 aliphatic rings. The van der Waals surface area contributed by atoms with Crippen LogP contribution in [0.5, 0.6) is 0 Å². The second kappa shape index (κ2) is 19.4. The largest absolute Gasteiger partial charge is 0.382 e. The van der Waals surface area contributed by atoms with Gasteiger partial charge in [0, 0.05) is 49.2 Å². The zero-order chi connectivity index (χ0) is 29.2. The second-order valence-electron chi connectivity index (χ2n) is 10.4. The number of ether oxygens (including phenoxy) is 1. The Kier molecular flexibility index (Phi) is 16.8. The number of amides is 1. The minimum Gasteiger partial charge on any atom is -0.382 e. The number of aromatic nitrogens is 1. The van der Waals surface area contributed by atoms with Crippen LogP contribution in [-0.4, -0.2) is 66.7 Å². The van der Waals surface area contributed by atoms with E-state index in [1.165, 1.54) is 16.3 Å². The number of nitrogens with zero attached hydrogens (tertiary/aromatic N) is 3. The van der Waals surface area contributed by atoms with E-state index < -0.39 is 10.0 Å². The van der Waals surface area contributed by atoms with E-state index in [9.17, 15) is 13.2 Å². The zero-order valence-corrected chi connectivity index (χ0v) is 27.2. The Labute approximate surface area is 251 Å². The van der Waals surface area contributed by atoms with Crippen LogP contribution in [0.1, 0.15) is 89.8 Å². The molecular weight excluding hydrogens is 590 g/mol. The number of rotatable bonds is 22. The van der Waals surface area contributed by atoms with Gasteiger partial charge in [-0.15, -0.1) is 0 Å². The van der Waals surface area contributed by atoms with Crippen LogP contribution in [0.15, 0.2) is 47.1 Å². The molecule has 0 saturated heterocycles. The minimum atomic E-state index is -3.54. The van der Waals surface area contributed by atoms with Crippen molar-refractivity contribution < 1.29 is 17.9 Å². The van der Waals surface area contributed by atoms with Gasteiger partial charge < -0.3 is 14.2 Å². The van der Waals surface area contributed by atoms with Gasteiger partial charge in [0.05, 0.1) is 18.8 Å². The molecule has 1 aromatic heterocycles. The summed E-state index contributed by atoms with van der Waals surface area (Å²) in [5.41, 5.74) is 2.21. The second-order valence-corrected chi connectivity index (χ2v) is 13.4. The first-order chi connectivity index (χ1) is 19.3. The van der Waals surface area contributed by atoms with Crippen molar-refractivity contribution in [3.8, 4) is 0 Å². The standard InChI is InChI=1S/C31H50BrN3O4S/c1-4-7-9-10-11-12-24-40(37,38)35(22-14-23-39-6-3)27-31(36)34(20-8-5-2)26-30-15-13-21-33(30)25-28-16-18-29(32)19-17-28/h13,15-19,21H,4-12,14,20,22-27H2,1-3H3. The molecule has 9 heteroatoms. The summed E-state index contributed by atoms with van der Waals surface area (Å²) in [6.07, 6.45) is 10.5. The van der Waals surface area contributed by atoms with E-state index >= 15 is 0 Å². The Balaban J connectivity index is 2.11. The van der Waals surface area contributed by atoms with Crippen molar-refractivity contribution in [3.63, 3.8) is 0 Å². The Bertz CT molecular complexity index is 1070. The average Bonchev–Trinajstić information content (AvgIpc) is 3.37. The third-order valence-corrected chi connectivity index (χ3v) is 9.47. The van der Waals surface area contributed by atoms with Crippen LogP contribution in [-0.2, 0) is 32.6 Å². The lowest BCUT2D eigenvalue weighted by atomic mass is 10.1. The lowest BCUT2D eigenvalue weighted by Crippen LogP contribution is -2.44. The first-order valence-corrected chi connectivity index (χ1v) is 17.4. The Hall–Kier alpha value is -1.68. The molecule has 2 aromatic rings. The Morgan fingerprint density at radius 3 is 2.30 bits per heavy atom. The number of hydrogen-bond acceptors (Lipinski definition) is 4. The summed E-state index contributed by atoms with van der Waals surface area (Å²) in [5.74, 6) is -0.0563. The summed E-state index contributed by atoms with van der Waals surface area (Å²) >= 11 is 3.49. The number of carbonyl (C=O) groups is 1. The molecular formula is C31H50BrN3O4S. The number of sulfonamides is 1. The number of benzene rings is 1. The Morgan fingerprint density at radius 1 is 0.900 bits per heavy atom.